The molecule has 6 heteroatoms. The van der Waals surface area contributed by atoms with Crippen LogP contribution in [0.25, 0.3) is 0 Å². The zero-order chi connectivity index (χ0) is 17.4. The molecular weight excluding hydrogens is 338 g/mol. The highest BCUT2D eigenvalue weighted by Gasteiger charge is 2.24. The molecule has 0 spiro atoms. The number of carbonyl (C=O) groups is 1. The molecule has 0 unspecified atom stereocenters. The van der Waals surface area contributed by atoms with Crippen LogP contribution in [0.5, 0.6) is 5.75 Å². The van der Waals surface area contributed by atoms with Gasteiger partial charge in [0.05, 0.1) is 0 Å². The molecule has 1 aromatic carbocycles. The van der Waals surface area contributed by atoms with Crippen LogP contribution in [0.2, 0.25) is 0 Å². The molecule has 1 aliphatic heterocycles. The zero-order valence-corrected chi connectivity index (χ0v) is 16.4. The van der Waals surface area contributed by atoms with Crippen LogP contribution in [0.3, 0.4) is 0 Å². The summed E-state index contributed by atoms with van der Waals surface area (Å²) in [5.74, 6) is 1.07. The molecule has 1 saturated heterocycles. The lowest BCUT2D eigenvalue weighted by molar-refractivity contribution is -0.120. The van der Waals surface area contributed by atoms with E-state index in [4.69, 9.17) is 4.74 Å². The summed E-state index contributed by atoms with van der Waals surface area (Å²) in [6.45, 7) is 11.1. The van der Waals surface area contributed by atoms with Crippen LogP contribution in [0.4, 0.5) is 5.69 Å². The van der Waals surface area contributed by atoms with Crippen LogP contribution in [-0.4, -0.2) is 49.6 Å². The minimum Gasteiger partial charge on any atom is -0.492 e. The SMILES string of the molecule is CCN(CC)CCOc1ccc(NC(=O)[C@H]2CCN[C@@H](C)C2)cc1.Cl. The lowest BCUT2D eigenvalue weighted by Gasteiger charge is -2.27. The first kappa shape index (κ1) is 21.7. The number of rotatable bonds is 8. The number of piperidine rings is 1. The fourth-order valence-electron chi connectivity index (χ4n) is 3.08. The van der Waals surface area contributed by atoms with Crippen LogP contribution < -0.4 is 15.4 Å². The summed E-state index contributed by atoms with van der Waals surface area (Å²) in [5, 5.41) is 6.40. The van der Waals surface area contributed by atoms with Gasteiger partial charge >= 0.3 is 0 Å². The van der Waals surface area contributed by atoms with Crippen LogP contribution in [-0.2, 0) is 4.79 Å². The maximum atomic E-state index is 12.3. The Morgan fingerprint density at radius 2 is 1.96 bits per heavy atom. The Morgan fingerprint density at radius 3 is 2.56 bits per heavy atom. The fourth-order valence-corrected chi connectivity index (χ4v) is 3.08. The third kappa shape index (κ3) is 7.22. The van der Waals surface area contributed by atoms with Crippen LogP contribution >= 0.6 is 12.4 Å². The van der Waals surface area contributed by atoms with Crippen molar-refractivity contribution in [3.63, 3.8) is 0 Å². The van der Waals surface area contributed by atoms with Gasteiger partial charge in [-0.2, -0.15) is 0 Å². The summed E-state index contributed by atoms with van der Waals surface area (Å²) >= 11 is 0. The van der Waals surface area contributed by atoms with Crippen LogP contribution in [0.15, 0.2) is 24.3 Å². The van der Waals surface area contributed by atoms with Crippen molar-refractivity contribution in [1.29, 1.82) is 0 Å². The number of anilines is 1. The molecule has 0 radical (unpaired) electrons. The van der Waals surface area contributed by atoms with E-state index < -0.39 is 0 Å². The normalized spacial score (nSPS) is 20.0. The summed E-state index contributed by atoms with van der Waals surface area (Å²) in [7, 11) is 0. The average molecular weight is 370 g/mol. The van der Waals surface area contributed by atoms with E-state index in [-0.39, 0.29) is 24.2 Å². The second kappa shape index (κ2) is 11.3. The predicted molar refractivity (Wildman–Crippen MR) is 106 cm³/mol. The third-order valence-electron chi connectivity index (χ3n) is 4.69. The summed E-state index contributed by atoms with van der Waals surface area (Å²) in [4.78, 5) is 14.7. The number of hydrogen-bond donors (Lipinski definition) is 2. The van der Waals surface area contributed by atoms with Crippen molar-refractivity contribution in [1.82, 2.24) is 10.2 Å². The molecule has 142 valence electrons. The molecule has 2 atom stereocenters. The van der Waals surface area contributed by atoms with Gasteiger partial charge in [0.15, 0.2) is 0 Å². The quantitative estimate of drug-likeness (QED) is 0.739. The number of halogens is 1. The largest absolute Gasteiger partial charge is 0.492 e. The molecule has 25 heavy (non-hydrogen) atoms. The monoisotopic (exact) mass is 369 g/mol. The van der Waals surface area contributed by atoms with Crippen molar-refractivity contribution < 1.29 is 9.53 Å². The van der Waals surface area contributed by atoms with E-state index in [1.807, 2.05) is 24.3 Å². The Hall–Kier alpha value is -1.30. The molecule has 0 saturated carbocycles. The molecule has 0 bridgehead atoms. The summed E-state index contributed by atoms with van der Waals surface area (Å²) in [6, 6.07) is 8.08. The molecule has 1 aliphatic rings. The number of nitrogens with one attached hydrogen (secondary N) is 2. The molecule has 2 rings (SSSR count). The van der Waals surface area contributed by atoms with Gasteiger partial charge in [0.2, 0.25) is 5.91 Å². The van der Waals surface area contributed by atoms with E-state index >= 15 is 0 Å². The second-order valence-electron chi connectivity index (χ2n) is 6.47. The van der Waals surface area contributed by atoms with E-state index in [0.29, 0.717) is 12.6 Å². The molecule has 2 N–H and O–H groups in total. The van der Waals surface area contributed by atoms with Gasteiger partial charge in [-0.15, -0.1) is 12.4 Å². The number of amides is 1. The number of carbonyl (C=O) groups excluding carboxylic acids is 1. The van der Waals surface area contributed by atoms with Crippen molar-refractivity contribution in [2.45, 2.75) is 39.7 Å². The Labute approximate surface area is 157 Å². The lowest BCUT2D eigenvalue weighted by atomic mass is 9.92. The van der Waals surface area contributed by atoms with Crippen molar-refractivity contribution in [2.24, 2.45) is 5.92 Å². The number of nitrogens with zero attached hydrogens (tertiary/aromatic N) is 1. The first-order valence-corrected chi connectivity index (χ1v) is 9.11. The standard InChI is InChI=1S/C19H31N3O2.ClH/c1-4-22(5-2)12-13-24-18-8-6-17(7-9-18)21-19(23)16-10-11-20-15(3)14-16;/h6-9,15-16,20H,4-5,10-14H2,1-3H3,(H,21,23);1H/t15-,16-;/m0./s1. The number of hydrogen-bond acceptors (Lipinski definition) is 4. The molecule has 1 aromatic rings. The van der Waals surface area contributed by atoms with Crippen LogP contribution in [0, 0.1) is 5.92 Å². The Bertz CT molecular complexity index is 506. The summed E-state index contributed by atoms with van der Waals surface area (Å²) in [6.07, 6.45) is 1.81. The molecular formula is C19H32ClN3O2. The minimum absolute atomic E-state index is 0. The number of likely N-dealkylation sites (N-methyl/N-ethyl adjacent to an activating group) is 1. The van der Waals surface area contributed by atoms with Crippen molar-refractivity contribution in [3.05, 3.63) is 24.3 Å². The van der Waals surface area contributed by atoms with E-state index in [2.05, 4.69) is 36.3 Å². The molecule has 1 heterocycles. The smallest absolute Gasteiger partial charge is 0.227 e. The highest BCUT2D eigenvalue weighted by atomic mass is 35.5. The Kier molecular flexibility index (Phi) is 9.86. The third-order valence-corrected chi connectivity index (χ3v) is 4.69. The van der Waals surface area contributed by atoms with E-state index in [9.17, 15) is 4.79 Å². The van der Waals surface area contributed by atoms with E-state index in [1.54, 1.807) is 0 Å². The van der Waals surface area contributed by atoms with Gasteiger partial charge < -0.3 is 20.3 Å². The van der Waals surface area contributed by atoms with Crippen LogP contribution in [0.1, 0.15) is 33.6 Å². The topological polar surface area (TPSA) is 53.6 Å². The van der Waals surface area contributed by atoms with Gasteiger partial charge in [0, 0.05) is 24.2 Å². The minimum atomic E-state index is 0. The molecule has 0 aromatic heterocycles. The second-order valence-corrected chi connectivity index (χ2v) is 6.47. The average Bonchev–Trinajstić information content (AvgIpc) is 2.60. The van der Waals surface area contributed by atoms with Crippen molar-refractivity contribution >= 4 is 24.0 Å². The lowest BCUT2D eigenvalue weighted by Crippen LogP contribution is -2.40. The highest BCUT2D eigenvalue weighted by Crippen LogP contribution is 2.20. The van der Waals surface area contributed by atoms with E-state index in [1.165, 1.54) is 0 Å². The Morgan fingerprint density at radius 1 is 1.28 bits per heavy atom. The van der Waals surface area contributed by atoms with Gasteiger partial charge in [0.25, 0.3) is 0 Å². The highest BCUT2D eigenvalue weighted by molar-refractivity contribution is 5.92. The zero-order valence-electron chi connectivity index (χ0n) is 15.6. The summed E-state index contributed by atoms with van der Waals surface area (Å²) < 4.78 is 5.77. The first-order valence-electron chi connectivity index (χ1n) is 9.11. The van der Waals surface area contributed by atoms with Gasteiger partial charge in [-0.25, -0.2) is 0 Å². The Balaban J connectivity index is 0.00000312. The van der Waals surface area contributed by atoms with Crippen molar-refractivity contribution in [2.75, 3.05) is 38.1 Å². The molecule has 0 aliphatic carbocycles. The van der Waals surface area contributed by atoms with Crippen molar-refractivity contribution in [3.8, 4) is 5.75 Å². The first-order chi connectivity index (χ1) is 11.6. The summed E-state index contributed by atoms with van der Waals surface area (Å²) in [5.41, 5.74) is 0.835. The maximum absolute atomic E-state index is 12.3. The number of ether oxygens (including phenoxy) is 1. The van der Waals surface area contributed by atoms with Gasteiger partial charge in [0.1, 0.15) is 12.4 Å². The molecule has 1 fully saturated rings. The number of benzene rings is 1. The van der Waals surface area contributed by atoms with E-state index in [0.717, 1.165) is 50.5 Å². The fraction of sp³-hybridized carbons (Fsp3) is 0.632. The molecule has 1 amide bonds. The predicted octanol–water partition coefficient (Wildman–Crippen LogP) is 3.16. The molecule has 5 nitrogen and oxygen atoms in total. The van der Waals surface area contributed by atoms with Gasteiger partial charge in [-0.3, -0.25) is 4.79 Å². The maximum Gasteiger partial charge on any atom is 0.227 e. The van der Waals surface area contributed by atoms with Gasteiger partial charge in [-0.05, 0) is 63.7 Å². The van der Waals surface area contributed by atoms with Gasteiger partial charge in [-0.1, -0.05) is 13.8 Å².